The van der Waals surface area contributed by atoms with Crippen LogP contribution in [0.1, 0.15) is 12.5 Å². The minimum atomic E-state index is -0.674. The van der Waals surface area contributed by atoms with Gasteiger partial charge in [-0.3, -0.25) is 9.59 Å². The second-order valence-electron chi connectivity index (χ2n) is 5.14. The summed E-state index contributed by atoms with van der Waals surface area (Å²) >= 11 is 1.79. The summed E-state index contributed by atoms with van der Waals surface area (Å²) in [5.41, 5.74) is -0.0217. The third-order valence-corrected chi connectivity index (χ3v) is 4.37. The van der Waals surface area contributed by atoms with E-state index < -0.39 is 23.6 Å². The fourth-order valence-corrected chi connectivity index (χ4v) is 3.17. The molecular weight excluding hydrogens is 310 g/mol. The third-order valence-electron chi connectivity index (χ3n) is 3.43. The standard InChI is InChI=1S/C15H18F2N2O2S/c1-10(15(21)19-4-6-22-7-5-19)18-14(20)9-11-8-12(16)2-3-13(11)17/h2-3,8,10H,4-7,9H2,1H3,(H,18,20)/t10-/m1/s1. The number of thioether (sulfide) groups is 1. The van der Waals surface area contributed by atoms with Gasteiger partial charge in [0.15, 0.2) is 0 Å². The molecule has 1 aliphatic heterocycles. The van der Waals surface area contributed by atoms with Gasteiger partial charge in [0.2, 0.25) is 11.8 Å². The van der Waals surface area contributed by atoms with Gasteiger partial charge in [0.05, 0.1) is 6.42 Å². The Morgan fingerprint density at radius 1 is 1.32 bits per heavy atom. The fraction of sp³-hybridized carbons (Fsp3) is 0.467. The van der Waals surface area contributed by atoms with E-state index in [4.69, 9.17) is 0 Å². The molecule has 1 atom stereocenters. The Morgan fingerprint density at radius 3 is 2.68 bits per heavy atom. The van der Waals surface area contributed by atoms with E-state index in [0.717, 1.165) is 29.7 Å². The second kappa shape index (κ2) is 7.58. The molecule has 0 bridgehead atoms. The summed E-state index contributed by atoms with van der Waals surface area (Å²) in [5.74, 6) is -0.102. The van der Waals surface area contributed by atoms with Crippen molar-refractivity contribution in [2.75, 3.05) is 24.6 Å². The van der Waals surface area contributed by atoms with E-state index in [-0.39, 0.29) is 17.9 Å². The largest absolute Gasteiger partial charge is 0.344 e. The molecule has 22 heavy (non-hydrogen) atoms. The molecule has 1 aliphatic rings. The maximum atomic E-state index is 13.5. The van der Waals surface area contributed by atoms with Gasteiger partial charge < -0.3 is 10.2 Å². The zero-order valence-corrected chi connectivity index (χ0v) is 13.1. The summed E-state index contributed by atoms with van der Waals surface area (Å²) in [4.78, 5) is 25.8. The predicted octanol–water partition coefficient (Wildman–Crippen LogP) is 1.59. The van der Waals surface area contributed by atoms with Crippen LogP contribution >= 0.6 is 11.8 Å². The van der Waals surface area contributed by atoms with Gasteiger partial charge in [0.1, 0.15) is 17.7 Å². The molecule has 1 saturated heterocycles. The zero-order valence-electron chi connectivity index (χ0n) is 12.3. The van der Waals surface area contributed by atoms with Crippen molar-refractivity contribution in [1.82, 2.24) is 10.2 Å². The molecule has 0 unspecified atom stereocenters. The Balaban J connectivity index is 1.90. The van der Waals surface area contributed by atoms with E-state index in [0.29, 0.717) is 13.1 Å². The number of nitrogens with zero attached hydrogens (tertiary/aromatic N) is 1. The van der Waals surface area contributed by atoms with Gasteiger partial charge in [-0.25, -0.2) is 8.78 Å². The highest BCUT2D eigenvalue weighted by Gasteiger charge is 2.23. The Morgan fingerprint density at radius 2 is 2.00 bits per heavy atom. The molecule has 2 amide bonds. The molecule has 1 aromatic carbocycles. The van der Waals surface area contributed by atoms with Crippen LogP contribution in [-0.4, -0.2) is 47.4 Å². The number of benzene rings is 1. The van der Waals surface area contributed by atoms with Crippen LogP contribution in [0, 0.1) is 11.6 Å². The molecule has 7 heteroatoms. The van der Waals surface area contributed by atoms with Gasteiger partial charge in [-0.15, -0.1) is 0 Å². The SMILES string of the molecule is C[C@@H](NC(=O)Cc1cc(F)ccc1F)C(=O)N1CCSCC1. The van der Waals surface area contributed by atoms with Crippen LogP contribution in [-0.2, 0) is 16.0 Å². The van der Waals surface area contributed by atoms with Crippen LogP contribution in [0.3, 0.4) is 0 Å². The number of hydrogen-bond acceptors (Lipinski definition) is 3. The smallest absolute Gasteiger partial charge is 0.244 e. The molecule has 2 rings (SSSR count). The van der Waals surface area contributed by atoms with Crippen LogP contribution in [0.5, 0.6) is 0 Å². The number of hydrogen-bond donors (Lipinski definition) is 1. The van der Waals surface area contributed by atoms with Crippen molar-refractivity contribution in [3.8, 4) is 0 Å². The number of amides is 2. The van der Waals surface area contributed by atoms with Crippen molar-refractivity contribution in [3.05, 3.63) is 35.4 Å². The first-order valence-corrected chi connectivity index (χ1v) is 8.22. The zero-order chi connectivity index (χ0) is 16.1. The van der Waals surface area contributed by atoms with E-state index >= 15 is 0 Å². The van der Waals surface area contributed by atoms with Crippen LogP contribution in [0.15, 0.2) is 18.2 Å². The Hall–Kier alpha value is -1.63. The summed E-state index contributed by atoms with van der Waals surface area (Å²) < 4.78 is 26.6. The minimum absolute atomic E-state index is 0.0217. The highest BCUT2D eigenvalue weighted by atomic mass is 32.2. The number of rotatable bonds is 4. The maximum Gasteiger partial charge on any atom is 0.244 e. The van der Waals surface area contributed by atoms with Gasteiger partial charge in [-0.2, -0.15) is 11.8 Å². The fourth-order valence-electron chi connectivity index (χ4n) is 2.26. The minimum Gasteiger partial charge on any atom is -0.344 e. The van der Waals surface area contributed by atoms with Crippen molar-refractivity contribution >= 4 is 23.6 Å². The van der Waals surface area contributed by atoms with Crippen molar-refractivity contribution in [3.63, 3.8) is 0 Å². The lowest BCUT2D eigenvalue weighted by Crippen LogP contribution is -2.49. The Labute approximate surface area is 132 Å². The molecule has 0 spiro atoms. The normalized spacial score (nSPS) is 16.2. The van der Waals surface area contributed by atoms with Crippen molar-refractivity contribution in [2.24, 2.45) is 0 Å². The van der Waals surface area contributed by atoms with Gasteiger partial charge in [-0.05, 0) is 25.1 Å². The molecule has 0 aliphatic carbocycles. The molecule has 120 valence electrons. The second-order valence-corrected chi connectivity index (χ2v) is 6.36. The van der Waals surface area contributed by atoms with Gasteiger partial charge in [0.25, 0.3) is 0 Å². The van der Waals surface area contributed by atoms with E-state index in [9.17, 15) is 18.4 Å². The highest BCUT2D eigenvalue weighted by Crippen LogP contribution is 2.12. The topological polar surface area (TPSA) is 49.4 Å². The molecule has 1 aromatic rings. The van der Waals surface area contributed by atoms with E-state index in [1.165, 1.54) is 0 Å². The summed E-state index contributed by atoms with van der Waals surface area (Å²) in [5, 5.41) is 2.55. The van der Waals surface area contributed by atoms with E-state index in [1.807, 2.05) is 0 Å². The van der Waals surface area contributed by atoms with Crippen LogP contribution in [0.4, 0.5) is 8.78 Å². The first-order chi connectivity index (χ1) is 10.5. The lowest BCUT2D eigenvalue weighted by atomic mass is 10.1. The lowest BCUT2D eigenvalue weighted by molar-refractivity contribution is -0.135. The van der Waals surface area contributed by atoms with E-state index in [1.54, 1.807) is 23.6 Å². The number of halogens is 2. The van der Waals surface area contributed by atoms with E-state index in [2.05, 4.69) is 5.32 Å². The number of carbonyl (C=O) groups excluding carboxylic acids is 2. The molecule has 4 nitrogen and oxygen atoms in total. The molecule has 0 aromatic heterocycles. The maximum absolute atomic E-state index is 13.5. The molecule has 1 fully saturated rings. The van der Waals surface area contributed by atoms with Gasteiger partial charge >= 0.3 is 0 Å². The first kappa shape index (κ1) is 16.7. The first-order valence-electron chi connectivity index (χ1n) is 7.07. The van der Waals surface area contributed by atoms with Gasteiger partial charge in [-0.1, -0.05) is 0 Å². The van der Waals surface area contributed by atoms with Crippen LogP contribution in [0.2, 0.25) is 0 Å². The predicted molar refractivity (Wildman–Crippen MR) is 81.6 cm³/mol. The van der Waals surface area contributed by atoms with Crippen LogP contribution in [0.25, 0.3) is 0 Å². The Kier molecular flexibility index (Phi) is 5.76. The quantitative estimate of drug-likeness (QED) is 0.913. The van der Waals surface area contributed by atoms with Crippen molar-refractivity contribution in [2.45, 2.75) is 19.4 Å². The average Bonchev–Trinajstić information content (AvgIpc) is 2.51. The van der Waals surface area contributed by atoms with Crippen molar-refractivity contribution in [1.29, 1.82) is 0 Å². The summed E-state index contributed by atoms with van der Waals surface area (Å²) in [6.07, 6.45) is -0.295. The number of nitrogens with one attached hydrogen (secondary N) is 1. The van der Waals surface area contributed by atoms with Crippen molar-refractivity contribution < 1.29 is 18.4 Å². The summed E-state index contributed by atoms with van der Waals surface area (Å²) in [6.45, 7) is 2.94. The molecule has 0 saturated carbocycles. The molecule has 1 heterocycles. The lowest BCUT2D eigenvalue weighted by Gasteiger charge is -2.29. The molecule has 0 radical (unpaired) electrons. The molecule has 1 N–H and O–H groups in total. The van der Waals surface area contributed by atoms with Crippen LogP contribution < -0.4 is 5.32 Å². The average molecular weight is 328 g/mol. The molecular formula is C15H18F2N2O2S. The summed E-state index contributed by atoms with van der Waals surface area (Å²) in [7, 11) is 0. The highest BCUT2D eigenvalue weighted by molar-refractivity contribution is 7.99. The van der Waals surface area contributed by atoms with Gasteiger partial charge in [0, 0.05) is 30.2 Å². The monoisotopic (exact) mass is 328 g/mol. The third kappa shape index (κ3) is 4.43. The summed E-state index contributed by atoms with van der Waals surface area (Å²) in [6, 6.07) is 2.30. The Bertz CT molecular complexity index is 562. The number of carbonyl (C=O) groups is 2.